The van der Waals surface area contributed by atoms with Crippen LogP contribution in [0.2, 0.25) is 0 Å². The van der Waals surface area contributed by atoms with Gasteiger partial charge >= 0.3 is 0 Å². The molecule has 6 heteroatoms. The second-order valence-corrected chi connectivity index (χ2v) is 4.29. The van der Waals surface area contributed by atoms with E-state index in [2.05, 4.69) is 27.1 Å². The van der Waals surface area contributed by atoms with E-state index in [1.165, 1.54) is 11.3 Å². The van der Waals surface area contributed by atoms with Crippen molar-refractivity contribution in [1.82, 2.24) is 15.3 Å². The number of carbonyl (C=O) groups is 1. The Bertz CT molecular complexity index is 578. The number of nitrogens with one attached hydrogen (secondary N) is 2. The number of hydrogen-bond acceptors (Lipinski definition) is 4. The molecule has 5 nitrogen and oxygen atoms in total. The maximum absolute atomic E-state index is 11.8. The highest BCUT2D eigenvalue weighted by molar-refractivity contribution is 7.10. The largest absolute Gasteiger partial charge is 0.384 e. The average Bonchev–Trinajstić information content (AvgIpc) is 3.04. The number of amides is 1. The van der Waals surface area contributed by atoms with Crippen LogP contribution in [0.25, 0.3) is 0 Å². The van der Waals surface area contributed by atoms with Crippen LogP contribution in [0.1, 0.15) is 21.1 Å². The number of aromatic nitrogens is 2. The molecule has 0 aliphatic carbocycles. The Morgan fingerprint density at radius 3 is 3.22 bits per heavy atom. The Morgan fingerprint density at radius 1 is 1.61 bits per heavy atom. The molecule has 0 aromatic carbocycles. The Labute approximate surface area is 108 Å². The highest BCUT2D eigenvalue weighted by atomic mass is 32.1. The topological polar surface area (TPSA) is 78.0 Å². The molecule has 2 rings (SSSR count). The predicted molar refractivity (Wildman–Crippen MR) is 68.0 cm³/mol. The molecule has 0 fully saturated rings. The lowest BCUT2D eigenvalue weighted by molar-refractivity contribution is 0.0950. The maximum atomic E-state index is 11.8. The SMILES string of the molecule is O=C(NCc1ncc[nH]1)c1csc(C#CCO)c1. The lowest BCUT2D eigenvalue weighted by Gasteiger charge is -2.00. The molecule has 3 N–H and O–H groups in total. The summed E-state index contributed by atoms with van der Waals surface area (Å²) in [5.41, 5.74) is 0.564. The summed E-state index contributed by atoms with van der Waals surface area (Å²) < 4.78 is 0. The molecular weight excluding hydrogens is 250 g/mol. The summed E-state index contributed by atoms with van der Waals surface area (Å²) in [4.78, 5) is 19.5. The molecule has 1 amide bonds. The molecule has 0 saturated heterocycles. The number of carbonyl (C=O) groups excluding carboxylic acids is 1. The highest BCUT2D eigenvalue weighted by Crippen LogP contribution is 2.13. The molecule has 0 aliphatic heterocycles. The number of hydrogen-bond donors (Lipinski definition) is 3. The Balaban J connectivity index is 1.94. The third-order valence-electron chi connectivity index (χ3n) is 2.12. The molecule has 0 radical (unpaired) electrons. The Hall–Kier alpha value is -2.10. The van der Waals surface area contributed by atoms with Crippen molar-refractivity contribution < 1.29 is 9.90 Å². The van der Waals surface area contributed by atoms with Gasteiger partial charge in [-0.05, 0) is 6.07 Å². The second kappa shape index (κ2) is 6.00. The molecule has 2 aromatic rings. The van der Waals surface area contributed by atoms with Crippen LogP contribution < -0.4 is 5.32 Å². The fourth-order valence-corrected chi connectivity index (χ4v) is 2.06. The van der Waals surface area contributed by atoms with Gasteiger partial charge in [-0.1, -0.05) is 11.8 Å². The third-order valence-corrected chi connectivity index (χ3v) is 2.97. The standard InChI is InChI=1S/C12H11N3O2S/c16-5-1-2-10-6-9(8-18-10)12(17)15-7-11-13-3-4-14-11/h3-4,6,8,16H,5,7H2,(H,13,14)(H,15,17). The van der Waals surface area contributed by atoms with Gasteiger partial charge in [0.2, 0.25) is 0 Å². The summed E-state index contributed by atoms with van der Waals surface area (Å²) in [7, 11) is 0. The molecule has 0 atom stereocenters. The zero-order chi connectivity index (χ0) is 12.8. The van der Waals surface area contributed by atoms with Crippen LogP contribution in [-0.2, 0) is 6.54 Å². The quantitative estimate of drug-likeness (QED) is 0.713. The second-order valence-electron chi connectivity index (χ2n) is 3.38. The number of aliphatic hydroxyl groups is 1. The van der Waals surface area contributed by atoms with Crippen LogP contribution in [0.5, 0.6) is 0 Å². The molecule has 0 saturated carbocycles. The molecule has 0 spiro atoms. The van der Waals surface area contributed by atoms with Gasteiger partial charge in [0.1, 0.15) is 12.4 Å². The van der Waals surface area contributed by atoms with E-state index >= 15 is 0 Å². The minimum absolute atomic E-state index is 0.167. The molecule has 2 aromatic heterocycles. The number of aliphatic hydroxyl groups excluding tert-OH is 1. The molecule has 0 aliphatic rings. The summed E-state index contributed by atoms with van der Waals surface area (Å²) in [6, 6.07) is 1.70. The Kier molecular flexibility index (Phi) is 4.12. The van der Waals surface area contributed by atoms with Crippen LogP contribution in [0.15, 0.2) is 23.8 Å². The first kappa shape index (κ1) is 12.4. The normalized spacial score (nSPS) is 9.61. The molecular formula is C12H11N3O2S. The summed E-state index contributed by atoms with van der Waals surface area (Å²) in [5, 5.41) is 13.1. The first-order chi connectivity index (χ1) is 8.79. The van der Waals surface area contributed by atoms with Gasteiger partial charge in [-0.2, -0.15) is 0 Å². The fraction of sp³-hybridized carbons (Fsp3) is 0.167. The molecule has 18 heavy (non-hydrogen) atoms. The van der Waals surface area contributed by atoms with Crippen molar-refractivity contribution >= 4 is 17.2 Å². The third kappa shape index (κ3) is 3.20. The number of thiophene rings is 1. The van der Waals surface area contributed by atoms with E-state index in [1.54, 1.807) is 23.8 Å². The number of aromatic amines is 1. The lowest BCUT2D eigenvalue weighted by Crippen LogP contribution is -2.22. The van der Waals surface area contributed by atoms with Crippen LogP contribution in [0.4, 0.5) is 0 Å². The first-order valence-corrected chi connectivity index (χ1v) is 6.12. The lowest BCUT2D eigenvalue weighted by atomic mass is 10.3. The maximum Gasteiger partial charge on any atom is 0.252 e. The van der Waals surface area contributed by atoms with E-state index in [-0.39, 0.29) is 12.5 Å². The average molecular weight is 261 g/mol. The zero-order valence-corrected chi connectivity index (χ0v) is 10.3. The van der Waals surface area contributed by atoms with Crippen LogP contribution >= 0.6 is 11.3 Å². The summed E-state index contributed by atoms with van der Waals surface area (Å²) in [6.07, 6.45) is 3.34. The first-order valence-electron chi connectivity index (χ1n) is 5.24. The highest BCUT2D eigenvalue weighted by Gasteiger charge is 2.08. The number of imidazole rings is 1. The van der Waals surface area contributed by atoms with Gasteiger partial charge in [-0.15, -0.1) is 11.3 Å². The summed E-state index contributed by atoms with van der Waals surface area (Å²) >= 11 is 1.37. The molecule has 0 bridgehead atoms. The van der Waals surface area contributed by atoms with E-state index in [4.69, 9.17) is 5.11 Å². The Morgan fingerprint density at radius 2 is 2.50 bits per heavy atom. The van der Waals surface area contributed by atoms with Gasteiger partial charge in [0, 0.05) is 17.8 Å². The van der Waals surface area contributed by atoms with Crippen molar-refractivity contribution in [3.05, 3.63) is 40.1 Å². The van der Waals surface area contributed by atoms with E-state index in [1.807, 2.05) is 0 Å². The van der Waals surface area contributed by atoms with Crippen LogP contribution in [0.3, 0.4) is 0 Å². The number of H-pyrrole nitrogens is 1. The van der Waals surface area contributed by atoms with Crippen molar-refractivity contribution in [3.8, 4) is 11.8 Å². The van der Waals surface area contributed by atoms with Gasteiger partial charge in [0.05, 0.1) is 17.0 Å². The van der Waals surface area contributed by atoms with E-state index in [0.717, 1.165) is 4.88 Å². The van der Waals surface area contributed by atoms with E-state index in [0.29, 0.717) is 17.9 Å². The van der Waals surface area contributed by atoms with E-state index in [9.17, 15) is 4.79 Å². The van der Waals surface area contributed by atoms with E-state index < -0.39 is 0 Å². The van der Waals surface area contributed by atoms with Gasteiger partial charge in [-0.25, -0.2) is 4.98 Å². The van der Waals surface area contributed by atoms with Crippen molar-refractivity contribution in [2.24, 2.45) is 0 Å². The monoisotopic (exact) mass is 261 g/mol. The predicted octanol–water partition coefficient (Wildman–Crippen LogP) is 0.745. The minimum atomic E-state index is -0.183. The minimum Gasteiger partial charge on any atom is -0.384 e. The van der Waals surface area contributed by atoms with Crippen molar-refractivity contribution in [2.75, 3.05) is 6.61 Å². The van der Waals surface area contributed by atoms with Gasteiger partial charge in [0.25, 0.3) is 5.91 Å². The van der Waals surface area contributed by atoms with Gasteiger partial charge in [0.15, 0.2) is 0 Å². The van der Waals surface area contributed by atoms with Gasteiger partial charge < -0.3 is 15.4 Å². The molecule has 2 heterocycles. The van der Waals surface area contributed by atoms with Crippen LogP contribution in [0, 0.1) is 11.8 Å². The van der Waals surface area contributed by atoms with Crippen molar-refractivity contribution in [3.63, 3.8) is 0 Å². The summed E-state index contributed by atoms with van der Waals surface area (Å²) in [6.45, 7) is 0.178. The smallest absolute Gasteiger partial charge is 0.252 e. The number of nitrogens with zero attached hydrogens (tertiary/aromatic N) is 1. The zero-order valence-electron chi connectivity index (χ0n) is 9.43. The van der Waals surface area contributed by atoms with Gasteiger partial charge in [-0.3, -0.25) is 4.79 Å². The van der Waals surface area contributed by atoms with Crippen molar-refractivity contribution in [2.45, 2.75) is 6.54 Å². The fourth-order valence-electron chi connectivity index (χ4n) is 1.31. The summed E-state index contributed by atoms with van der Waals surface area (Å²) in [5.74, 6) is 5.84. The number of rotatable bonds is 3. The van der Waals surface area contributed by atoms with Crippen molar-refractivity contribution in [1.29, 1.82) is 0 Å². The van der Waals surface area contributed by atoms with Crippen LogP contribution in [-0.4, -0.2) is 27.6 Å². The molecule has 0 unspecified atom stereocenters. The molecule has 92 valence electrons.